The molecule has 0 radical (unpaired) electrons. The van der Waals surface area contributed by atoms with E-state index in [-0.39, 0.29) is 27.8 Å². The summed E-state index contributed by atoms with van der Waals surface area (Å²) >= 11 is 0. The maximum Gasteiger partial charge on any atom is 0.416 e. The van der Waals surface area contributed by atoms with Gasteiger partial charge in [-0.05, 0) is 29.8 Å². The molecule has 0 unspecified atom stereocenters. The number of anilines is 1. The van der Waals surface area contributed by atoms with E-state index < -0.39 is 24.2 Å². The highest BCUT2D eigenvalue weighted by Crippen LogP contribution is 2.37. The van der Waals surface area contributed by atoms with E-state index in [9.17, 15) is 26.7 Å². The van der Waals surface area contributed by atoms with Gasteiger partial charge in [-0.15, -0.1) is 0 Å². The predicted octanol–water partition coefficient (Wildman–Crippen LogP) is 5.24. The maximum atomic E-state index is 13.3. The van der Waals surface area contributed by atoms with Crippen LogP contribution in [-0.4, -0.2) is 15.5 Å². The lowest BCUT2D eigenvalue weighted by Gasteiger charge is -2.08. The van der Waals surface area contributed by atoms with Crippen LogP contribution in [0.2, 0.25) is 0 Å². The van der Waals surface area contributed by atoms with Crippen molar-refractivity contribution in [2.75, 3.05) is 5.32 Å². The molecular formula is C18H12F5N3O. The summed E-state index contributed by atoms with van der Waals surface area (Å²) in [6.45, 7) is 0.365. The fourth-order valence-corrected chi connectivity index (χ4v) is 2.63. The first-order valence-corrected chi connectivity index (χ1v) is 7.60. The molecule has 1 N–H and O–H groups in total. The van der Waals surface area contributed by atoms with E-state index in [4.69, 9.17) is 0 Å². The average Bonchev–Trinajstić information content (AvgIpc) is 3.00. The molecule has 0 bridgehead atoms. The second kappa shape index (κ2) is 6.82. The van der Waals surface area contributed by atoms with Gasteiger partial charge >= 0.3 is 12.7 Å². The number of nitrogens with one attached hydrogen (secondary N) is 1. The van der Waals surface area contributed by atoms with Crippen molar-refractivity contribution in [1.29, 1.82) is 0 Å². The van der Waals surface area contributed by atoms with E-state index in [1.54, 1.807) is 0 Å². The topological polar surface area (TPSA) is 46.9 Å². The van der Waals surface area contributed by atoms with Gasteiger partial charge in [0.2, 0.25) is 5.91 Å². The fraction of sp³-hybridized carbons (Fsp3) is 0.111. The number of halogens is 5. The molecule has 2 aromatic heterocycles. The molecular weight excluding hydrogens is 369 g/mol. The first-order valence-electron chi connectivity index (χ1n) is 7.60. The normalized spacial score (nSPS) is 11.8. The standard InChI is InChI=1S/C18H12F5N3O/c1-2-15(27)25-12-7-13-14(9-26(17(19)20)16(13)24-8-12)10-4-3-5-11(6-10)18(21,22)23/h2-9,17H,1H2,(H,25,27). The van der Waals surface area contributed by atoms with Crippen molar-refractivity contribution in [3.63, 3.8) is 0 Å². The van der Waals surface area contributed by atoms with Gasteiger partial charge in [-0.25, -0.2) is 4.98 Å². The summed E-state index contributed by atoms with van der Waals surface area (Å²) in [5, 5.41) is 2.62. The van der Waals surface area contributed by atoms with Gasteiger partial charge < -0.3 is 5.32 Å². The van der Waals surface area contributed by atoms with Crippen LogP contribution in [0.1, 0.15) is 12.1 Å². The molecule has 0 aliphatic rings. The molecule has 3 aromatic rings. The Kier molecular flexibility index (Phi) is 4.69. The van der Waals surface area contributed by atoms with Crippen molar-refractivity contribution >= 4 is 22.6 Å². The molecule has 0 spiro atoms. The number of carbonyl (C=O) groups is 1. The molecule has 4 nitrogen and oxygen atoms in total. The van der Waals surface area contributed by atoms with Crippen molar-refractivity contribution in [2.45, 2.75) is 12.7 Å². The highest BCUT2D eigenvalue weighted by atomic mass is 19.4. The fourth-order valence-electron chi connectivity index (χ4n) is 2.63. The number of fused-ring (bicyclic) bond motifs is 1. The zero-order valence-corrected chi connectivity index (χ0v) is 13.6. The number of aromatic nitrogens is 2. The first-order chi connectivity index (χ1) is 12.7. The van der Waals surface area contributed by atoms with E-state index in [1.165, 1.54) is 24.4 Å². The molecule has 0 aliphatic heterocycles. The molecule has 0 saturated carbocycles. The number of carbonyl (C=O) groups excluding carboxylic acids is 1. The molecule has 0 aliphatic carbocycles. The lowest BCUT2D eigenvalue weighted by molar-refractivity contribution is -0.137. The predicted molar refractivity (Wildman–Crippen MR) is 90.3 cm³/mol. The van der Waals surface area contributed by atoms with Gasteiger partial charge in [-0.3, -0.25) is 9.36 Å². The average molecular weight is 381 g/mol. The minimum atomic E-state index is -4.57. The Morgan fingerprint density at radius 3 is 2.63 bits per heavy atom. The minimum Gasteiger partial charge on any atom is -0.321 e. The number of hydrogen-bond donors (Lipinski definition) is 1. The number of alkyl halides is 5. The van der Waals surface area contributed by atoms with Crippen molar-refractivity contribution in [2.24, 2.45) is 0 Å². The molecule has 1 aromatic carbocycles. The van der Waals surface area contributed by atoms with Gasteiger partial charge in [0.05, 0.1) is 17.4 Å². The van der Waals surface area contributed by atoms with Crippen LogP contribution < -0.4 is 5.32 Å². The minimum absolute atomic E-state index is 0.100. The summed E-state index contributed by atoms with van der Waals surface area (Å²) in [4.78, 5) is 15.4. The van der Waals surface area contributed by atoms with Crippen LogP contribution in [0.15, 0.2) is 55.4 Å². The Hall–Kier alpha value is -3.23. The van der Waals surface area contributed by atoms with E-state index in [1.807, 2.05) is 0 Å². The molecule has 2 heterocycles. The van der Waals surface area contributed by atoms with Crippen LogP contribution in [0, 0.1) is 0 Å². The Bertz CT molecular complexity index is 1020. The van der Waals surface area contributed by atoms with Crippen molar-refractivity contribution in [3.05, 3.63) is 60.9 Å². The Labute approximate surface area is 149 Å². The Morgan fingerprint density at radius 2 is 2.00 bits per heavy atom. The van der Waals surface area contributed by atoms with Gasteiger partial charge in [0.1, 0.15) is 5.65 Å². The maximum absolute atomic E-state index is 13.3. The third-order valence-corrected chi connectivity index (χ3v) is 3.83. The van der Waals surface area contributed by atoms with Crippen molar-refractivity contribution < 1.29 is 26.7 Å². The summed E-state index contributed by atoms with van der Waals surface area (Å²) in [7, 11) is 0. The van der Waals surface area contributed by atoms with Crippen LogP contribution >= 0.6 is 0 Å². The van der Waals surface area contributed by atoms with Gasteiger partial charge in [-0.2, -0.15) is 22.0 Å². The summed E-state index contributed by atoms with van der Waals surface area (Å²) < 4.78 is 66.1. The number of nitrogens with zero attached hydrogens (tertiary/aromatic N) is 2. The van der Waals surface area contributed by atoms with Gasteiger partial charge in [0.25, 0.3) is 0 Å². The molecule has 0 fully saturated rings. The lowest BCUT2D eigenvalue weighted by atomic mass is 10.0. The molecule has 3 rings (SSSR count). The van der Waals surface area contributed by atoms with E-state index in [2.05, 4.69) is 16.9 Å². The Morgan fingerprint density at radius 1 is 1.26 bits per heavy atom. The second-order valence-electron chi connectivity index (χ2n) is 5.59. The lowest BCUT2D eigenvalue weighted by Crippen LogP contribution is -2.07. The summed E-state index contributed by atoms with van der Waals surface area (Å²) in [6.07, 6.45) is -1.34. The third kappa shape index (κ3) is 3.67. The smallest absolute Gasteiger partial charge is 0.321 e. The van der Waals surface area contributed by atoms with Gasteiger partial charge in [0.15, 0.2) is 0 Å². The number of amides is 1. The second-order valence-corrected chi connectivity index (χ2v) is 5.59. The zero-order valence-electron chi connectivity index (χ0n) is 13.6. The van der Waals surface area contributed by atoms with Gasteiger partial charge in [0, 0.05) is 17.1 Å². The summed E-state index contributed by atoms with van der Waals surface area (Å²) in [5.41, 5.74) is -0.578. The van der Waals surface area contributed by atoms with E-state index in [0.717, 1.165) is 24.4 Å². The van der Waals surface area contributed by atoms with Crippen LogP contribution in [0.25, 0.3) is 22.2 Å². The molecule has 140 valence electrons. The Balaban J connectivity index is 2.20. The van der Waals surface area contributed by atoms with Crippen molar-refractivity contribution in [1.82, 2.24) is 9.55 Å². The summed E-state index contributed by atoms with van der Waals surface area (Å²) in [6, 6.07) is 5.72. The number of benzene rings is 1. The van der Waals surface area contributed by atoms with Crippen LogP contribution in [0.4, 0.5) is 27.6 Å². The van der Waals surface area contributed by atoms with E-state index in [0.29, 0.717) is 4.57 Å². The molecule has 0 saturated heterocycles. The molecule has 1 amide bonds. The van der Waals surface area contributed by atoms with E-state index >= 15 is 0 Å². The van der Waals surface area contributed by atoms with Gasteiger partial charge in [-0.1, -0.05) is 18.7 Å². The zero-order chi connectivity index (χ0) is 19.8. The van der Waals surface area contributed by atoms with Crippen molar-refractivity contribution in [3.8, 4) is 11.1 Å². The quantitative estimate of drug-likeness (QED) is 0.496. The number of rotatable bonds is 4. The third-order valence-electron chi connectivity index (χ3n) is 3.83. The number of pyridine rings is 1. The monoisotopic (exact) mass is 381 g/mol. The number of hydrogen-bond acceptors (Lipinski definition) is 2. The highest BCUT2D eigenvalue weighted by Gasteiger charge is 2.30. The largest absolute Gasteiger partial charge is 0.416 e. The van der Waals surface area contributed by atoms with Crippen LogP contribution in [-0.2, 0) is 11.0 Å². The SMILES string of the molecule is C=CC(=O)Nc1cnc2c(c1)c(-c1cccc(C(F)(F)F)c1)cn2C(F)F. The van der Waals surface area contributed by atoms with Crippen LogP contribution in [0.5, 0.6) is 0 Å². The molecule has 27 heavy (non-hydrogen) atoms. The summed E-state index contributed by atoms with van der Waals surface area (Å²) in [5.74, 6) is -0.537. The van der Waals surface area contributed by atoms with Crippen LogP contribution in [0.3, 0.4) is 0 Å². The molecule has 0 atom stereocenters. The highest BCUT2D eigenvalue weighted by molar-refractivity contribution is 6.02. The first kappa shape index (κ1) is 18.6. The molecule has 9 heteroatoms.